The Bertz CT molecular complexity index is 580. The Hall–Kier alpha value is -1.75. The highest BCUT2D eigenvalue weighted by molar-refractivity contribution is 5.81. The average molecular weight is 289 g/mol. The fourth-order valence-corrected chi connectivity index (χ4v) is 3.38. The van der Waals surface area contributed by atoms with Crippen molar-refractivity contribution in [1.29, 1.82) is 0 Å². The van der Waals surface area contributed by atoms with E-state index in [-0.39, 0.29) is 24.8 Å². The van der Waals surface area contributed by atoms with Crippen molar-refractivity contribution >= 4 is 5.91 Å². The van der Waals surface area contributed by atoms with Crippen molar-refractivity contribution in [2.24, 2.45) is 0 Å². The molecule has 112 valence electrons. The van der Waals surface area contributed by atoms with Gasteiger partial charge in [0.1, 0.15) is 6.10 Å². The fourth-order valence-electron chi connectivity index (χ4n) is 3.38. The Morgan fingerprint density at radius 2 is 2.00 bits per heavy atom. The number of fused-ring (bicyclic) bond motifs is 2. The van der Waals surface area contributed by atoms with E-state index in [1.165, 1.54) is 5.56 Å². The van der Waals surface area contributed by atoms with Crippen molar-refractivity contribution in [2.45, 2.75) is 44.9 Å². The maximum atomic E-state index is 12.6. The van der Waals surface area contributed by atoms with Crippen molar-refractivity contribution in [3.05, 3.63) is 23.3 Å². The average Bonchev–Trinajstić information content (AvgIpc) is 3.14. The minimum absolute atomic E-state index is 0.128. The number of rotatable bonds is 1. The highest BCUT2D eigenvalue weighted by atomic mass is 16.7. The summed E-state index contributed by atoms with van der Waals surface area (Å²) < 4.78 is 16.4. The summed E-state index contributed by atoms with van der Waals surface area (Å²) in [7, 11) is 0. The first-order valence-electron chi connectivity index (χ1n) is 7.56. The number of amides is 1. The predicted molar refractivity (Wildman–Crippen MR) is 75.3 cm³/mol. The molecule has 0 bridgehead atoms. The summed E-state index contributed by atoms with van der Waals surface area (Å²) in [5.74, 6) is 1.73. The van der Waals surface area contributed by atoms with Crippen LogP contribution in [0.2, 0.25) is 0 Å². The van der Waals surface area contributed by atoms with E-state index in [1.54, 1.807) is 0 Å². The molecule has 5 heteroatoms. The second-order valence-electron chi connectivity index (χ2n) is 6.00. The smallest absolute Gasteiger partial charge is 0.252 e. The van der Waals surface area contributed by atoms with Gasteiger partial charge in [0, 0.05) is 19.2 Å². The molecule has 3 heterocycles. The van der Waals surface area contributed by atoms with Crippen LogP contribution in [0.5, 0.6) is 11.5 Å². The summed E-state index contributed by atoms with van der Waals surface area (Å²) in [6.45, 7) is 3.71. The lowest BCUT2D eigenvalue weighted by Gasteiger charge is -2.36. The third kappa shape index (κ3) is 2.16. The zero-order valence-corrected chi connectivity index (χ0v) is 12.1. The number of benzene rings is 1. The molecule has 0 N–H and O–H groups in total. The molecule has 4 rings (SSSR count). The number of carbonyl (C=O) groups is 1. The molecule has 1 aromatic carbocycles. The number of carbonyl (C=O) groups excluding carboxylic acids is 1. The molecular weight excluding hydrogens is 270 g/mol. The molecule has 3 aliphatic heterocycles. The molecule has 0 aliphatic carbocycles. The molecule has 0 radical (unpaired) electrons. The highest BCUT2D eigenvalue weighted by Crippen LogP contribution is 2.38. The van der Waals surface area contributed by atoms with Crippen LogP contribution >= 0.6 is 0 Å². The molecule has 1 amide bonds. The van der Waals surface area contributed by atoms with Crippen LogP contribution in [0.1, 0.15) is 30.9 Å². The lowest BCUT2D eigenvalue weighted by molar-refractivity contribution is -0.144. The van der Waals surface area contributed by atoms with E-state index >= 15 is 0 Å². The first-order chi connectivity index (χ1) is 10.2. The summed E-state index contributed by atoms with van der Waals surface area (Å²) in [6.07, 6.45) is 2.43. The standard InChI is InChI=1S/C16H19NO4/c1-10-5-11-6-14-15(21-9-20-14)7-12(11)8-17(10)16(18)13-3-2-4-19-13/h6-7,10,13H,2-5,8-9H2,1H3. The number of ether oxygens (including phenoxy) is 3. The lowest BCUT2D eigenvalue weighted by atomic mass is 9.93. The van der Waals surface area contributed by atoms with Gasteiger partial charge >= 0.3 is 0 Å². The monoisotopic (exact) mass is 289 g/mol. The van der Waals surface area contributed by atoms with Crippen LogP contribution in [0.25, 0.3) is 0 Å². The van der Waals surface area contributed by atoms with E-state index in [4.69, 9.17) is 14.2 Å². The van der Waals surface area contributed by atoms with Gasteiger partial charge in [-0.3, -0.25) is 4.79 Å². The molecule has 0 aromatic heterocycles. The summed E-state index contributed by atoms with van der Waals surface area (Å²) >= 11 is 0. The van der Waals surface area contributed by atoms with Gasteiger partial charge in [-0.1, -0.05) is 0 Å². The van der Waals surface area contributed by atoms with E-state index < -0.39 is 0 Å². The van der Waals surface area contributed by atoms with E-state index in [0.29, 0.717) is 13.2 Å². The second-order valence-corrected chi connectivity index (χ2v) is 6.00. The van der Waals surface area contributed by atoms with Crippen LogP contribution in [0.3, 0.4) is 0 Å². The van der Waals surface area contributed by atoms with Crippen molar-refractivity contribution in [2.75, 3.05) is 13.4 Å². The molecule has 2 unspecified atom stereocenters. The van der Waals surface area contributed by atoms with Crippen molar-refractivity contribution < 1.29 is 19.0 Å². The van der Waals surface area contributed by atoms with Crippen LogP contribution in [-0.2, 0) is 22.5 Å². The predicted octanol–water partition coefficient (Wildman–Crippen LogP) is 1.87. The fraction of sp³-hybridized carbons (Fsp3) is 0.562. The van der Waals surface area contributed by atoms with Crippen molar-refractivity contribution in [3.63, 3.8) is 0 Å². The molecule has 0 saturated carbocycles. The van der Waals surface area contributed by atoms with Gasteiger partial charge in [0.25, 0.3) is 5.91 Å². The van der Waals surface area contributed by atoms with E-state index in [1.807, 2.05) is 11.0 Å². The van der Waals surface area contributed by atoms with Gasteiger partial charge in [-0.15, -0.1) is 0 Å². The van der Waals surface area contributed by atoms with Gasteiger partial charge in [0.2, 0.25) is 6.79 Å². The molecule has 1 aromatic rings. The van der Waals surface area contributed by atoms with Gasteiger partial charge in [-0.25, -0.2) is 0 Å². The summed E-state index contributed by atoms with van der Waals surface area (Å²) in [5, 5.41) is 0. The molecule has 1 saturated heterocycles. The van der Waals surface area contributed by atoms with Crippen LogP contribution in [0, 0.1) is 0 Å². The Morgan fingerprint density at radius 1 is 1.24 bits per heavy atom. The zero-order chi connectivity index (χ0) is 14.4. The minimum Gasteiger partial charge on any atom is -0.454 e. The van der Waals surface area contributed by atoms with Crippen molar-refractivity contribution in [3.8, 4) is 11.5 Å². The highest BCUT2D eigenvalue weighted by Gasteiger charge is 2.34. The number of hydrogen-bond donors (Lipinski definition) is 0. The summed E-state index contributed by atoms with van der Waals surface area (Å²) in [6, 6.07) is 4.26. The minimum atomic E-state index is -0.247. The Labute approximate surface area is 123 Å². The van der Waals surface area contributed by atoms with E-state index in [9.17, 15) is 4.79 Å². The first-order valence-corrected chi connectivity index (χ1v) is 7.56. The first kappa shape index (κ1) is 13.0. The third-order valence-electron chi connectivity index (χ3n) is 4.57. The van der Waals surface area contributed by atoms with Crippen LogP contribution < -0.4 is 9.47 Å². The molecule has 21 heavy (non-hydrogen) atoms. The van der Waals surface area contributed by atoms with Gasteiger partial charge in [-0.2, -0.15) is 0 Å². The van der Waals surface area contributed by atoms with Crippen LogP contribution in [-0.4, -0.2) is 36.4 Å². The SMILES string of the molecule is CC1Cc2cc3c(cc2CN1C(=O)C1CCCO1)OCO3. The van der Waals surface area contributed by atoms with E-state index in [2.05, 4.69) is 13.0 Å². The number of nitrogens with zero attached hydrogens (tertiary/aromatic N) is 1. The maximum absolute atomic E-state index is 12.6. The van der Waals surface area contributed by atoms with Crippen molar-refractivity contribution in [1.82, 2.24) is 4.90 Å². The molecule has 5 nitrogen and oxygen atoms in total. The molecule has 2 atom stereocenters. The van der Waals surface area contributed by atoms with Gasteiger partial charge in [0.05, 0.1) is 0 Å². The van der Waals surface area contributed by atoms with Gasteiger partial charge in [-0.05, 0) is 49.4 Å². The molecule has 0 spiro atoms. The normalized spacial score (nSPS) is 26.8. The molecular formula is C16H19NO4. The summed E-state index contributed by atoms with van der Waals surface area (Å²) in [5.41, 5.74) is 2.41. The number of hydrogen-bond acceptors (Lipinski definition) is 4. The Balaban J connectivity index is 1.60. The topological polar surface area (TPSA) is 48.0 Å². The second kappa shape index (κ2) is 4.91. The van der Waals surface area contributed by atoms with Gasteiger partial charge in [0.15, 0.2) is 11.5 Å². The Morgan fingerprint density at radius 3 is 2.71 bits per heavy atom. The zero-order valence-electron chi connectivity index (χ0n) is 12.1. The van der Waals surface area contributed by atoms with Gasteiger partial charge < -0.3 is 19.1 Å². The largest absolute Gasteiger partial charge is 0.454 e. The quantitative estimate of drug-likeness (QED) is 0.792. The molecule has 3 aliphatic rings. The Kier molecular flexibility index (Phi) is 3.03. The molecule has 1 fully saturated rings. The third-order valence-corrected chi connectivity index (χ3v) is 4.57. The summed E-state index contributed by atoms with van der Waals surface area (Å²) in [4.78, 5) is 14.5. The lowest BCUT2D eigenvalue weighted by Crippen LogP contribution is -2.47. The van der Waals surface area contributed by atoms with Crippen LogP contribution in [0.15, 0.2) is 12.1 Å². The van der Waals surface area contributed by atoms with E-state index in [0.717, 1.165) is 36.3 Å². The maximum Gasteiger partial charge on any atom is 0.252 e. The van der Waals surface area contributed by atoms with Crippen LogP contribution in [0.4, 0.5) is 0 Å².